The number of aromatic nitrogens is 2. The van der Waals surface area contributed by atoms with Gasteiger partial charge in [0.25, 0.3) is 0 Å². The van der Waals surface area contributed by atoms with Crippen molar-refractivity contribution < 1.29 is 4.74 Å². The van der Waals surface area contributed by atoms with Gasteiger partial charge in [0.2, 0.25) is 0 Å². The zero-order chi connectivity index (χ0) is 10.2. The van der Waals surface area contributed by atoms with E-state index in [-0.39, 0.29) is 0 Å². The summed E-state index contributed by atoms with van der Waals surface area (Å²) in [6.07, 6.45) is 4.89. The molecule has 14 heavy (non-hydrogen) atoms. The molecule has 1 atom stereocenters. The van der Waals surface area contributed by atoms with Gasteiger partial charge in [0.15, 0.2) is 0 Å². The van der Waals surface area contributed by atoms with Crippen molar-refractivity contribution in [1.29, 1.82) is 0 Å². The number of nitrogens with one attached hydrogen (secondary N) is 1. The topological polar surface area (TPSA) is 39.1 Å². The van der Waals surface area contributed by atoms with Crippen molar-refractivity contribution in [2.75, 3.05) is 20.3 Å². The molecule has 0 aliphatic heterocycles. The van der Waals surface area contributed by atoms with Crippen LogP contribution >= 0.6 is 0 Å². The Bertz CT molecular complexity index is 223. The summed E-state index contributed by atoms with van der Waals surface area (Å²) in [6.45, 7) is 4.83. The quantitative estimate of drug-likeness (QED) is 0.660. The maximum Gasteiger partial charge on any atom is 0.0587 e. The van der Waals surface area contributed by atoms with Crippen LogP contribution in [-0.2, 0) is 11.3 Å². The van der Waals surface area contributed by atoms with Crippen molar-refractivity contribution in [1.82, 2.24) is 15.1 Å². The predicted octanol–water partition coefficient (Wildman–Crippen LogP) is 0.898. The van der Waals surface area contributed by atoms with Crippen LogP contribution in [-0.4, -0.2) is 36.1 Å². The highest BCUT2D eigenvalue weighted by Crippen LogP contribution is 1.94. The standard InChI is InChI=1S/C10H19N3O/c1-10(11-6-9-14-2)4-8-13-7-3-5-12-13/h3,5,7,10-11H,4,6,8-9H2,1-2H3. The van der Waals surface area contributed by atoms with Crippen molar-refractivity contribution in [3.63, 3.8) is 0 Å². The number of nitrogens with zero attached hydrogens (tertiary/aromatic N) is 2. The third-order valence-corrected chi connectivity index (χ3v) is 2.15. The summed E-state index contributed by atoms with van der Waals surface area (Å²) in [5, 5.41) is 7.53. The van der Waals surface area contributed by atoms with E-state index in [0.717, 1.165) is 26.1 Å². The number of aryl methyl sites for hydroxylation is 1. The van der Waals surface area contributed by atoms with E-state index in [1.54, 1.807) is 7.11 Å². The van der Waals surface area contributed by atoms with Gasteiger partial charge in [0.1, 0.15) is 0 Å². The number of hydrogen-bond acceptors (Lipinski definition) is 3. The molecule has 1 heterocycles. The lowest BCUT2D eigenvalue weighted by Gasteiger charge is -2.13. The maximum absolute atomic E-state index is 4.96. The Morgan fingerprint density at radius 2 is 2.43 bits per heavy atom. The molecule has 1 aromatic heterocycles. The van der Waals surface area contributed by atoms with Crippen molar-refractivity contribution >= 4 is 0 Å². The fourth-order valence-corrected chi connectivity index (χ4v) is 1.27. The fourth-order valence-electron chi connectivity index (χ4n) is 1.27. The first-order chi connectivity index (χ1) is 6.83. The second-order valence-electron chi connectivity index (χ2n) is 3.41. The molecule has 4 heteroatoms. The summed E-state index contributed by atoms with van der Waals surface area (Å²) in [7, 11) is 1.72. The Morgan fingerprint density at radius 1 is 1.57 bits per heavy atom. The van der Waals surface area contributed by atoms with Crippen molar-refractivity contribution in [2.24, 2.45) is 0 Å². The smallest absolute Gasteiger partial charge is 0.0587 e. The Labute approximate surface area is 85.3 Å². The molecule has 80 valence electrons. The molecule has 0 radical (unpaired) electrons. The van der Waals surface area contributed by atoms with E-state index in [2.05, 4.69) is 17.3 Å². The SMILES string of the molecule is COCCNC(C)CCn1cccn1. The van der Waals surface area contributed by atoms with E-state index in [9.17, 15) is 0 Å². The van der Waals surface area contributed by atoms with E-state index in [4.69, 9.17) is 4.74 Å². The Balaban J connectivity index is 2.06. The van der Waals surface area contributed by atoms with E-state index in [1.807, 2.05) is 23.1 Å². The van der Waals surface area contributed by atoms with Gasteiger partial charge in [0, 0.05) is 38.6 Å². The third-order valence-electron chi connectivity index (χ3n) is 2.15. The molecule has 0 aromatic carbocycles. The lowest BCUT2D eigenvalue weighted by atomic mass is 10.2. The van der Waals surface area contributed by atoms with Crippen LogP contribution in [0, 0.1) is 0 Å². The summed E-state index contributed by atoms with van der Waals surface area (Å²) < 4.78 is 6.92. The van der Waals surface area contributed by atoms with Gasteiger partial charge in [-0.25, -0.2) is 0 Å². The molecular weight excluding hydrogens is 178 g/mol. The van der Waals surface area contributed by atoms with Crippen LogP contribution in [0.15, 0.2) is 18.5 Å². The molecule has 0 aliphatic carbocycles. The van der Waals surface area contributed by atoms with Crippen LogP contribution in [0.4, 0.5) is 0 Å². The minimum atomic E-state index is 0.509. The molecule has 1 aromatic rings. The van der Waals surface area contributed by atoms with Gasteiger partial charge in [0.05, 0.1) is 6.61 Å². The average Bonchev–Trinajstić information content (AvgIpc) is 2.68. The average molecular weight is 197 g/mol. The third kappa shape index (κ3) is 4.39. The monoisotopic (exact) mass is 197 g/mol. The summed E-state index contributed by atoms with van der Waals surface area (Å²) in [6, 6.07) is 2.46. The molecule has 0 saturated heterocycles. The van der Waals surface area contributed by atoms with Crippen molar-refractivity contribution in [3.8, 4) is 0 Å². The fraction of sp³-hybridized carbons (Fsp3) is 0.700. The number of rotatable bonds is 7. The van der Waals surface area contributed by atoms with Gasteiger partial charge in [-0.3, -0.25) is 4.68 Å². The van der Waals surface area contributed by atoms with E-state index in [1.165, 1.54) is 0 Å². The summed E-state index contributed by atoms with van der Waals surface area (Å²) in [5.41, 5.74) is 0. The molecule has 0 saturated carbocycles. The number of hydrogen-bond donors (Lipinski definition) is 1. The van der Waals surface area contributed by atoms with Crippen LogP contribution in [0.5, 0.6) is 0 Å². The van der Waals surface area contributed by atoms with Gasteiger partial charge >= 0.3 is 0 Å². The lowest BCUT2D eigenvalue weighted by molar-refractivity contribution is 0.195. The first-order valence-electron chi connectivity index (χ1n) is 5.02. The highest BCUT2D eigenvalue weighted by atomic mass is 16.5. The lowest BCUT2D eigenvalue weighted by Crippen LogP contribution is -2.30. The highest BCUT2D eigenvalue weighted by molar-refractivity contribution is 4.78. The van der Waals surface area contributed by atoms with E-state index in [0.29, 0.717) is 6.04 Å². The molecule has 4 nitrogen and oxygen atoms in total. The van der Waals surface area contributed by atoms with E-state index < -0.39 is 0 Å². The van der Waals surface area contributed by atoms with E-state index >= 15 is 0 Å². The summed E-state index contributed by atoms with van der Waals surface area (Å²) >= 11 is 0. The second-order valence-corrected chi connectivity index (χ2v) is 3.41. The Hall–Kier alpha value is -0.870. The van der Waals surface area contributed by atoms with Crippen LogP contribution in [0.2, 0.25) is 0 Å². The van der Waals surface area contributed by atoms with Gasteiger partial charge in [-0.15, -0.1) is 0 Å². The highest BCUT2D eigenvalue weighted by Gasteiger charge is 2.00. The molecule has 0 fully saturated rings. The molecule has 0 bridgehead atoms. The molecular formula is C10H19N3O. The minimum Gasteiger partial charge on any atom is -0.383 e. The summed E-state index contributed by atoms with van der Waals surface area (Å²) in [5.74, 6) is 0. The molecule has 0 spiro atoms. The normalized spacial score (nSPS) is 13.0. The molecule has 0 amide bonds. The van der Waals surface area contributed by atoms with Crippen molar-refractivity contribution in [2.45, 2.75) is 25.9 Å². The number of ether oxygens (including phenoxy) is 1. The molecule has 0 aliphatic rings. The maximum atomic E-state index is 4.96. The van der Waals surface area contributed by atoms with Crippen LogP contribution < -0.4 is 5.32 Å². The van der Waals surface area contributed by atoms with Crippen LogP contribution in [0.3, 0.4) is 0 Å². The predicted molar refractivity (Wildman–Crippen MR) is 56.2 cm³/mol. The van der Waals surface area contributed by atoms with Crippen LogP contribution in [0.1, 0.15) is 13.3 Å². The minimum absolute atomic E-state index is 0.509. The molecule has 1 rings (SSSR count). The largest absolute Gasteiger partial charge is 0.383 e. The van der Waals surface area contributed by atoms with Gasteiger partial charge in [-0.05, 0) is 19.4 Å². The summed E-state index contributed by atoms with van der Waals surface area (Å²) in [4.78, 5) is 0. The Kier molecular flexibility index (Phi) is 5.25. The molecule has 1 unspecified atom stereocenters. The first-order valence-corrected chi connectivity index (χ1v) is 5.02. The zero-order valence-electron chi connectivity index (χ0n) is 8.94. The second kappa shape index (κ2) is 6.56. The van der Waals surface area contributed by atoms with Crippen molar-refractivity contribution in [3.05, 3.63) is 18.5 Å². The molecule has 1 N–H and O–H groups in total. The van der Waals surface area contributed by atoms with Gasteiger partial charge in [-0.2, -0.15) is 5.10 Å². The van der Waals surface area contributed by atoms with Gasteiger partial charge in [-0.1, -0.05) is 0 Å². The first kappa shape index (κ1) is 11.2. The van der Waals surface area contributed by atoms with Crippen LogP contribution in [0.25, 0.3) is 0 Å². The Morgan fingerprint density at radius 3 is 3.07 bits per heavy atom. The number of methoxy groups -OCH3 is 1. The van der Waals surface area contributed by atoms with Gasteiger partial charge < -0.3 is 10.1 Å². The zero-order valence-corrected chi connectivity index (χ0v) is 8.94.